The van der Waals surface area contributed by atoms with E-state index in [1.54, 1.807) is 18.3 Å². The van der Waals surface area contributed by atoms with Gasteiger partial charge in [-0.25, -0.2) is 0 Å². The zero-order valence-electron chi connectivity index (χ0n) is 12.5. The Balaban J connectivity index is 1.48. The zero-order chi connectivity index (χ0) is 17.1. The fourth-order valence-corrected chi connectivity index (χ4v) is 2.33. The second-order valence-corrected chi connectivity index (χ2v) is 5.34. The molecule has 0 spiro atoms. The summed E-state index contributed by atoms with van der Waals surface area (Å²) in [7, 11) is 0. The number of hydrogen-bond acceptors (Lipinski definition) is 6. The molecule has 0 aromatic carbocycles. The Kier molecular flexibility index (Phi) is 4.23. The Hall–Kier alpha value is -3.23. The van der Waals surface area contributed by atoms with Crippen LogP contribution in [-0.2, 0) is 11.3 Å². The van der Waals surface area contributed by atoms with Gasteiger partial charge in [0.25, 0.3) is 5.91 Å². The van der Waals surface area contributed by atoms with Crippen molar-refractivity contribution in [1.29, 1.82) is 0 Å². The fourth-order valence-electron chi connectivity index (χ4n) is 2.33. The van der Waals surface area contributed by atoms with Gasteiger partial charge in [0, 0.05) is 19.3 Å². The molecule has 3 heterocycles. The highest BCUT2D eigenvalue weighted by Crippen LogP contribution is 2.22. The Bertz CT molecular complexity index is 767. The first kappa shape index (κ1) is 15.7. The van der Waals surface area contributed by atoms with Gasteiger partial charge in [-0.05, 0) is 18.2 Å². The molecule has 1 saturated heterocycles. The molecule has 1 aliphatic rings. The van der Waals surface area contributed by atoms with Gasteiger partial charge in [0.1, 0.15) is 4.92 Å². The molecule has 0 atom stereocenters. The summed E-state index contributed by atoms with van der Waals surface area (Å²) in [6.45, 7) is 0.831. The van der Waals surface area contributed by atoms with Crippen molar-refractivity contribution in [1.82, 2.24) is 15.2 Å². The first-order valence-corrected chi connectivity index (χ1v) is 7.25. The average Bonchev–Trinajstić information content (AvgIpc) is 3.02. The van der Waals surface area contributed by atoms with E-state index < -0.39 is 16.7 Å². The zero-order valence-corrected chi connectivity index (χ0v) is 12.5. The lowest BCUT2D eigenvalue weighted by Gasteiger charge is -2.37. The molecule has 0 aliphatic carbocycles. The van der Waals surface area contributed by atoms with Crippen molar-refractivity contribution in [2.24, 2.45) is 5.92 Å². The largest absolute Gasteiger partial charge is 0.433 e. The van der Waals surface area contributed by atoms with Crippen LogP contribution >= 0.6 is 0 Å². The van der Waals surface area contributed by atoms with Crippen molar-refractivity contribution < 1.29 is 18.9 Å². The number of aromatic nitrogens is 1. The number of carbonyl (C=O) groups excluding carboxylic acids is 2. The predicted octanol–water partition coefficient (Wildman–Crippen LogP) is 0.971. The number of nitrogens with one attached hydrogen (secondary N) is 1. The summed E-state index contributed by atoms with van der Waals surface area (Å²) < 4.78 is 4.87. The lowest BCUT2D eigenvalue weighted by Crippen LogP contribution is -2.55. The van der Waals surface area contributed by atoms with Gasteiger partial charge < -0.3 is 14.6 Å². The number of rotatable bonds is 5. The van der Waals surface area contributed by atoms with Crippen LogP contribution in [0.3, 0.4) is 0 Å². The molecule has 9 nitrogen and oxygen atoms in total. The number of hydrogen-bond donors (Lipinski definition) is 1. The second kappa shape index (κ2) is 6.49. The average molecular weight is 330 g/mol. The Labute approximate surface area is 136 Å². The molecule has 0 unspecified atom stereocenters. The maximum Gasteiger partial charge on any atom is 0.433 e. The number of likely N-dealkylation sites (tertiary alicyclic amines) is 1. The van der Waals surface area contributed by atoms with Gasteiger partial charge in [0.15, 0.2) is 5.76 Å². The molecule has 1 N–H and O–H groups in total. The van der Waals surface area contributed by atoms with Crippen LogP contribution in [0.25, 0.3) is 0 Å². The summed E-state index contributed by atoms with van der Waals surface area (Å²) in [6, 6.07) is 7.82. The van der Waals surface area contributed by atoms with E-state index in [0.29, 0.717) is 6.54 Å². The summed E-state index contributed by atoms with van der Waals surface area (Å²) >= 11 is 0. The summed E-state index contributed by atoms with van der Waals surface area (Å²) in [5.74, 6) is -1.51. The van der Waals surface area contributed by atoms with Gasteiger partial charge in [0.05, 0.1) is 24.2 Å². The topological polar surface area (TPSA) is 119 Å². The molecular formula is C15H14N4O5. The SMILES string of the molecule is O=C(NCc1ccccn1)C1CN(C(=O)c2ccc([N+](=O)[O-])o2)C1. The minimum absolute atomic E-state index is 0.103. The van der Waals surface area contributed by atoms with Crippen LogP contribution in [0.4, 0.5) is 5.88 Å². The minimum atomic E-state index is -0.708. The summed E-state index contributed by atoms with van der Waals surface area (Å²) in [4.78, 5) is 39.4. The minimum Gasteiger partial charge on any atom is -0.395 e. The highest BCUT2D eigenvalue weighted by atomic mass is 16.6. The Morgan fingerprint density at radius 3 is 2.75 bits per heavy atom. The van der Waals surface area contributed by atoms with Crippen LogP contribution in [-0.4, -0.2) is 39.7 Å². The molecule has 2 aromatic rings. The number of amides is 2. The molecule has 1 aliphatic heterocycles. The van der Waals surface area contributed by atoms with Crippen molar-refractivity contribution in [2.75, 3.05) is 13.1 Å². The third-order valence-corrected chi connectivity index (χ3v) is 3.69. The van der Waals surface area contributed by atoms with Gasteiger partial charge in [-0.2, -0.15) is 0 Å². The molecule has 9 heteroatoms. The Morgan fingerprint density at radius 2 is 2.12 bits per heavy atom. The van der Waals surface area contributed by atoms with E-state index in [1.807, 2.05) is 6.07 Å². The first-order valence-electron chi connectivity index (χ1n) is 7.25. The lowest BCUT2D eigenvalue weighted by atomic mass is 9.98. The van der Waals surface area contributed by atoms with E-state index in [4.69, 9.17) is 4.42 Å². The van der Waals surface area contributed by atoms with Crippen LogP contribution in [0.2, 0.25) is 0 Å². The van der Waals surface area contributed by atoms with Gasteiger partial charge in [-0.15, -0.1) is 0 Å². The van der Waals surface area contributed by atoms with E-state index in [9.17, 15) is 19.7 Å². The number of furan rings is 1. The maximum atomic E-state index is 12.1. The molecule has 2 aromatic heterocycles. The summed E-state index contributed by atoms with van der Waals surface area (Å²) in [6.07, 6.45) is 1.65. The van der Waals surface area contributed by atoms with Gasteiger partial charge in [0.2, 0.25) is 5.91 Å². The molecule has 1 fully saturated rings. The highest BCUT2D eigenvalue weighted by molar-refractivity contribution is 5.94. The molecule has 124 valence electrons. The number of nitrogens with zero attached hydrogens (tertiary/aromatic N) is 3. The highest BCUT2D eigenvalue weighted by Gasteiger charge is 2.37. The molecule has 0 bridgehead atoms. The van der Waals surface area contributed by atoms with Crippen LogP contribution in [0, 0.1) is 16.0 Å². The third-order valence-electron chi connectivity index (χ3n) is 3.69. The van der Waals surface area contributed by atoms with Crippen molar-refractivity contribution in [3.05, 3.63) is 58.1 Å². The molecule has 2 amide bonds. The van der Waals surface area contributed by atoms with E-state index >= 15 is 0 Å². The molecule has 0 radical (unpaired) electrons. The Morgan fingerprint density at radius 1 is 1.33 bits per heavy atom. The van der Waals surface area contributed by atoms with Crippen molar-refractivity contribution in [2.45, 2.75) is 6.54 Å². The van der Waals surface area contributed by atoms with Crippen LogP contribution in [0.1, 0.15) is 16.2 Å². The summed E-state index contributed by atoms with van der Waals surface area (Å²) in [5.41, 5.74) is 0.751. The fraction of sp³-hybridized carbons (Fsp3) is 0.267. The van der Waals surface area contributed by atoms with Crippen molar-refractivity contribution >= 4 is 17.7 Å². The van der Waals surface area contributed by atoms with Crippen LogP contribution in [0.15, 0.2) is 40.9 Å². The monoisotopic (exact) mass is 330 g/mol. The lowest BCUT2D eigenvalue weighted by molar-refractivity contribution is -0.402. The smallest absolute Gasteiger partial charge is 0.395 e. The normalized spacial score (nSPS) is 14.1. The van der Waals surface area contributed by atoms with E-state index in [-0.39, 0.29) is 30.7 Å². The number of nitro groups is 1. The van der Waals surface area contributed by atoms with E-state index in [1.165, 1.54) is 11.0 Å². The summed E-state index contributed by atoms with van der Waals surface area (Å²) in [5, 5.41) is 13.3. The number of pyridine rings is 1. The van der Waals surface area contributed by atoms with Crippen molar-refractivity contribution in [3.63, 3.8) is 0 Å². The maximum absolute atomic E-state index is 12.1. The molecule has 0 saturated carbocycles. The first-order chi connectivity index (χ1) is 11.5. The molecular weight excluding hydrogens is 316 g/mol. The quantitative estimate of drug-likeness (QED) is 0.644. The van der Waals surface area contributed by atoms with Gasteiger partial charge >= 0.3 is 5.88 Å². The molecule has 24 heavy (non-hydrogen) atoms. The predicted molar refractivity (Wildman–Crippen MR) is 80.8 cm³/mol. The van der Waals surface area contributed by atoms with Crippen LogP contribution < -0.4 is 5.32 Å². The number of carbonyl (C=O) groups is 2. The third kappa shape index (κ3) is 3.24. The van der Waals surface area contributed by atoms with Crippen LogP contribution in [0.5, 0.6) is 0 Å². The standard InChI is InChI=1S/C15H14N4O5/c20-14(17-7-11-3-1-2-6-16-11)10-8-18(9-10)15(21)12-4-5-13(24-12)19(22)23/h1-6,10H,7-9H2,(H,17,20). The van der Waals surface area contributed by atoms with Gasteiger partial charge in [-0.3, -0.25) is 24.7 Å². The van der Waals surface area contributed by atoms with E-state index in [0.717, 1.165) is 11.8 Å². The second-order valence-electron chi connectivity index (χ2n) is 5.34. The van der Waals surface area contributed by atoms with Crippen molar-refractivity contribution in [3.8, 4) is 0 Å². The molecule has 3 rings (SSSR count). The van der Waals surface area contributed by atoms with Gasteiger partial charge in [-0.1, -0.05) is 6.07 Å². The van der Waals surface area contributed by atoms with E-state index in [2.05, 4.69) is 10.3 Å².